The van der Waals surface area contributed by atoms with Gasteiger partial charge in [-0.1, -0.05) is 0 Å². The van der Waals surface area contributed by atoms with E-state index in [1.807, 2.05) is 0 Å². The summed E-state index contributed by atoms with van der Waals surface area (Å²) in [5.41, 5.74) is 0.529. The molecule has 0 aromatic carbocycles. The summed E-state index contributed by atoms with van der Waals surface area (Å²) >= 11 is 0. The number of ketones is 1. The number of carbonyl (C=O) groups is 1. The molecule has 109 valence electrons. The van der Waals surface area contributed by atoms with E-state index in [1.165, 1.54) is 44.5 Å². The first kappa shape index (κ1) is 18.1. The summed E-state index contributed by atoms with van der Waals surface area (Å²) in [6.45, 7) is 2.85. The van der Waals surface area contributed by atoms with Gasteiger partial charge in [0.15, 0.2) is 5.78 Å². The number of aliphatic hydroxyl groups is 1. The van der Waals surface area contributed by atoms with Gasteiger partial charge in [0.25, 0.3) is 0 Å². The maximum Gasteiger partial charge on any atom is 0.244 e. The van der Waals surface area contributed by atoms with Crippen LogP contribution in [0, 0.1) is 5.82 Å². The van der Waals surface area contributed by atoms with Crippen molar-refractivity contribution in [2.45, 2.75) is 13.8 Å². The molecule has 5 nitrogen and oxygen atoms in total. The van der Waals surface area contributed by atoms with Crippen molar-refractivity contribution in [1.82, 2.24) is 9.97 Å². The summed E-state index contributed by atoms with van der Waals surface area (Å²) in [6.07, 6.45) is 5.25. The average molecular weight is 456 g/mol. The van der Waals surface area contributed by atoms with Crippen LogP contribution < -0.4 is 0 Å². The standard InChI is InChI=1S/C8H5FN2O.C5H8O2.Ir/c9-6-1-2-7(11-5-6)8-10-3-4-12-8;1-4(6)3-5(2)7;/h1-5H;3,6H,1-2H3;/b;4-3-;. The molecular weight excluding hydrogens is 443 g/mol. The minimum atomic E-state index is -0.370. The molecule has 7 heteroatoms. The maximum atomic E-state index is 12.4. The Balaban J connectivity index is 0.000000396. The molecule has 0 saturated carbocycles. The normalized spacial score (nSPS) is 10.1. The third-order valence-electron chi connectivity index (χ3n) is 1.79. The molecule has 2 heterocycles. The van der Waals surface area contributed by atoms with Crippen LogP contribution in [0.2, 0.25) is 0 Å². The van der Waals surface area contributed by atoms with Crippen LogP contribution in [0.25, 0.3) is 11.6 Å². The van der Waals surface area contributed by atoms with Crippen molar-refractivity contribution in [1.29, 1.82) is 0 Å². The molecule has 2 aromatic rings. The van der Waals surface area contributed by atoms with E-state index in [0.29, 0.717) is 11.6 Å². The second-order valence-corrected chi connectivity index (χ2v) is 3.60. The van der Waals surface area contributed by atoms with Crippen LogP contribution in [0.5, 0.6) is 0 Å². The molecule has 20 heavy (non-hydrogen) atoms. The Bertz CT molecular complexity index is 550. The van der Waals surface area contributed by atoms with Crippen molar-refractivity contribution in [2.75, 3.05) is 0 Å². The topological polar surface area (TPSA) is 76.2 Å². The molecule has 0 bridgehead atoms. The first-order valence-electron chi connectivity index (χ1n) is 5.38. The van der Waals surface area contributed by atoms with Crippen LogP contribution >= 0.6 is 0 Å². The van der Waals surface area contributed by atoms with Crippen molar-refractivity contribution in [2.24, 2.45) is 0 Å². The van der Waals surface area contributed by atoms with Gasteiger partial charge < -0.3 is 9.52 Å². The number of halogens is 1. The number of aliphatic hydroxyl groups excluding tert-OH is 1. The van der Waals surface area contributed by atoms with Crippen LogP contribution in [0.15, 0.2) is 47.0 Å². The molecule has 1 N–H and O–H groups in total. The van der Waals surface area contributed by atoms with E-state index < -0.39 is 0 Å². The zero-order chi connectivity index (χ0) is 14.3. The van der Waals surface area contributed by atoms with Gasteiger partial charge in [-0.25, -0.2) is 14.4 Å². The number of carbonyl (C=O) groups excluding carboxylic acids is 1. The Morgan fingerprint density at radius 3 is 2.40 bits per heavy atom. The number of hydrogen-bond acceptors (Lipinski definition) is 5. The van der Waals surface area contributed by atoms with Crippen LogP contribution in [0.1, 0.15) is 13.8 Å². The number of pyridine rings is 1. The molecule has 2 rings (SSSR count). The Kier molecular flexibility index (Phi) is 8.27. The Labute approximate surface area is 128 Å². The molecule has 0 saturated heterocycles. The fraction of sp³-hybridized carbons (Fsp3) is 0.154. The largest absolute Gasteiger partial charge is 0.512 e. The molecule has 0 aliphatic carbocycles. The number of oxazole rings is 1. The van der Waals surface area contributed by atoms with Crippen LogP contribution in [0.4, 0.5) is 4.39 Å². The molecule has 0 unspecified atom stereocenters. The number of rotatable bonds is 2. The predicted molar refractivity (Wildman–Crippen MR) is 66.8 cm³/mol. The van der Waals surface area contributed by atoms with Gasteiger partial charge in [-0.15, -0.1) is 0 Å². The zero-order valence-electron chi connectivity index (χ0n) is 10.8. The van der Waals surface area contributed by atoms with E-state index >= 15 is 0 Å². The van der Waals surface area contributed by atoms with Gasteiger partial charge in [-0.05, 0) is 26.0 Å². The quantitative estimate of drug-likeness (QED) is 0.556. The summed E-state index contributed by atoms with van der Waals surface area (Å²) in [4.78, 5) is 17.7. The van der Waals surface area contributed by atoms with Crippen LogP contribution in [-0.2, 0) is 24.9 Å². The fourth-order valence-electron chi connectivity index (χ4n) is 1.15. The molecule has 0 fully saturated rings. The second kappa shape index (κ2) is 9.12. The second-order valence-electron chi connectivity index (χ2n) is 3.60. The Morgan fingerprint density at radius 2 is 2.05 bits per heavy atom. The van der Waals surface area contributed by atoms with Crippen LogP contribution in [-0.4, -0.2) is 20.9 Å². The monoisotopic (exact) mass is 457 g/mol. The Morgan fingerprint density at radius 1 is 1.35 bits per heavy atom. The third kappa shape index (κ3) is 6.92. The number of nitrogens with zero attached hydrogens (tertiary/aromatic N) is 2. The zero-order valence-corrected chi connectivity index (χ0v) is 13.2. The minimum absolute atomic E-state index is 0. The van der Waals surface area contributed by atoms with Crippen molar-refractivity contribution in [3.8, 4) is 11.6 Å². The van der Waals surface area contributed by atoms with Gasteiger partial charge in [0.05, 0.1) is 18.2 Å². The molecule has 0 spiro atoms. The van der Waals surface area contributed by atoms with Gasteiger partial charge in [0.2, 0.25) is 5.89 Å². The summed E-state index contributed by atoms with van der Waals surface area (Å²) in [7, 11) is 0. The molecule has 0 aliphatic rings. The van der Waals surface area contributed by atoms with E-state index in [9.17, 15) is 9.18 Å². The van der Waals surface area contributed by atoms with Crippen LogP contribution in [0.3, 0.4) is 0 Å². The Hall–Kier alpha value is -1.85. The number of allylic oxidation sites excluding steroid dienone is 2. The first-order chi connectivity index (χ1) is 8.99. The van der Waals surface area contributed by atoms with Gasteiger partial charge in [0, 0.05) is 26.2 Å². The first-order valence-corrected chi connectivity index (χ1v) is 5.38. The molecule has 0 aliphatic heterocycles. The molecule has 0 amide bonds. The van der Waals surface area contributed by atoms with Gasteiger partial charge in [-0.2, -0.15) is 0 Å². The summed E-state index contributed by atoms with van der Waals surface area (Å²) in [5, 5.41) is 8.36. The van der Waals surface area contributed by atoms with E-state index in [0.717, 1.165) is 6.20 Å². The van der Waals surface area contributed by atoms with Crippen molar-refractivity contribution in [3.05, 3.63) is 48.4 Å². The van der Waals surface area contributed by atoms with Crippen molar-refractivity contribution < 1.29 is 38.8 Å². The third-order valence-corrected chi connectivity index (χ3v) is 1.79. The molecular formula is C13H13FIrN2O3. The minimum Gasteiger partial charge on any atom is -0.512 e. The van der Waals surface area contributed by atoms with E-state index in [-0.39, 0.29) is 37.5 Å². The number of hydrogen-bond donors (Lipinski definition) is 1. The summed E-state index contributed by atoms with van der Waals surface area (Å²) < 4.78 is 17.4. The molecule has 2 aromatic heterocycles. The summed E-state index contributed by atoms with van der Waals surface area (Å²) in [5.74, 6) is -0.0344. The van der Waals surface area contributed by atoms with E-state index in [2.05, 4.69) is 9.97 Å². The maximum absolute atomic E-state index is 12.4. The van der Waals surface area contributed by atoms with Gasteiger partial charge >= 0.3 is 0 Å². The van der Waals surface area contributed by atoms with Gasteiger partial charge in [-0.3, -0.25) is 4.79 Å². The predicted octanol–water partition coefficient (Wildman–Crippen LogP) is 2.91. The van der Waals surface area contributed by atoms with Crippen molar-refractivity contribution in [3.63, 3.8) is 0 Å². The smallest absolute Gasteiger partial charge is 0.244 e. The number of aromatic nitrogens is 2. The van der Waals surface area contributed by atoms with E-state index in [1.54, 1.807) is 0 Å². The summed E-state index contributed by atoms with van der Waals surface area (Å²) in [6, 6.07) is 2.83. The fourth-order valence-corrected chi connectivity index (χ4v) is 1.15. The SMILES string of the molecule is CC(=O)/C=C(/C)O.Fc1ccc(-c2ncco2)nc1.[Ir]. The van der Waals surface area contributed by atoms with Crippen molar-refractivity contribution >= 4 is 5.78 Å². The molecule has 1 radical (unpaired) electrons. The van der Waals surface area contributed by atoms with Gasteiger partial charge in [0.1, 0.15) is 17.8 Å². The molecule has 0 atom stereocenters. The van der Waals surface area contributed by atoms with E-state index in [4.69, 9.17) is 9.52 Å². The average Bonchev–Trinajstić information content (AvgIpc) is 2.82.